The Kier molecular flexibility index (Phi) is 6.23. The molecule has 4 rings (SSSR count). The second-order valence-electron chi connectivity index (χ2n) is 7.94. The molecule has 2 amide bonds. The number of carbonyl (C=O) groups excluding carboxylic acids is 1. The molecule has 1 aromatic carbocycles. The minimum atomic E-state index is -4.31. The molecule has 2 aliphatic carbocycles. The van der Waals surface area contributed by atoms with E-state index in [2.05, 4.69) is 16.1 Å². The Balaban J connectivity index is 0.00000240. The van der Waals surface area contributed by atoms with Gasteiger partial charge in [-0.1, -0.05) is 6.07 Å². The van der Waals surface area contributed by atoms with Crippen LogP contribution in [0.25, 0.3) is 4.72 Å². The fraction of sp³-hybridized carbons (Fsp3) is 0.450. The molecule has 0 aliphatic heterocycles. The summed E-state index contributed by atoms with van der Waals surface area (Å²) in [5.41, 5.74) is 4.45. The Labute approximate surface area is 192 Å². The molecule has 7 nitrogen and oxygen atoms in total. The molecule has 2 aliphatic rings. The van der Waals surface area contributed by atoms with Crippen LogP contribution < -0.4 is 34.9 Å². The number of nitrogens with one attached hydrogen (secondary N) is 1. The molecule has 2 aromatic rings. The summed E-state index contributed by atoms with van der Waals surface area (Å²) in [5, 5.41) is 12.2. The zero-order valence-corrected chi connectivity index (χ0v) is 19.7. The number of hydrogen-bond acceptors (Lipinski definition) is 5. The molecule has 2 N–H and O–H groups in total. The third-order valence-corrected chi connectivity index (χ3v) is 6.57. The van der Waals surface area contributed by atoms with E-state index in [1.54, 1.807) is 0 Å². The van der Waals surface area contributed by atoms with Crippen LogP contribution in [0.5, 0.6) is 0 Å². The van der Waals surface area contributed by atoms with Crippen LogP contribution in [0.15, 0.2) is 27.9 Å². The standard InChI is InChI=1S/C20H24N2O5S.Na/c1-20(2,24)14-10-17(27-11-14)28(25,26)22-19(23)21-18-15-7-3-5-12(15)9-13-6-4-8-16(13)18;/h9-11,24H,3-8H2,1-2H3,(H2,21,22,23);/q;+1/p-1. The van der Waals surface area contributed by atoms with Gasteiger partial charge in [0, 0.05) is 11.6 Å². The van der Waals surface area contributed by atoms with E-state index in [4.69, 9.17) is 4.42 Å². The van der Waals surface area contributed by atoms with Gasteiger partial charge < -0.3 is 19.6 Å². The average molecular weight is 426 g/mol. The number of hydrogen-bond donors (Lipinski definition) is 2. The van der Waals surface area contributed by atoms with Crippen LogP contribution in [0.4, 0.5) is 10.5 Å². The number of nitrogens with zero attached hydrogens (tertiary/aromatic N) is 1. The van der Waals surface area contributed by atoms with Gasteiger partial charge in [-0.3, -0.25) is 4.79 Å². The number of anilines is 1. The molecular weight excluding hydrogens is 403 g/mol. The Morgan fingerprint density at radius 2 is 1.69 bits per heavy atom. The monoisotopic (exact) mass is 426 g/mol. The van der Waals surface area contributed by atoms with Gasteiger partial charge in [0.15, 0.2) is 6.03 Å². The van der Waals surface area contributed by atoms with Gasteiger partial charge >= 0.3 is 29.6 Å². The third-order valence-electron chi connectivity index (χ3n) is 5.44. The maximum Gasteiger partial charge on any atom is 1.00 e. The first kappa shape index (κ1) is 22.4. The van der Waals surface area contributed by atoms with E-state index in [1.165, 1.54) is 31.0 Å². The van der Waals surface area contributed by atoms with Gasteiger partial charge in [0.2, 0.25) is 15.1 Å². The van der Waals surface area contributed by atoms with Gasteiger partial charge in [0.1, 0.15) is 0 Å². The number of urea groups is 1. The van der Waals surface area contributed by atoms with E-state index in [9.17, 15) is 18.3 Å². The van der Waals surface area contributed by atoms with E-state index in [0.717, 1.165) is 61.6 Å². The molecule has 150 valence electrons. The van der Waals surface area contributed by atoms with Crippen molar-refractivity contribution in [2.45, 2.75) is 63.1 Å². The average Bonchev–Trinajstić information content (AvgIpc) is 3.33. The topological polar surface area (TPSA) is 111 Å². The second kappa shape index (κ2) is 8.07. The number of aryl methyl sites for hydroxylation is 2. The quantitative estimate of drug-likeness (QED) is 0.702. The van der Waals surface area contributed by atoms with Crippen molar-refractivity contribution in [3.63, 3.8) is 0 Å². The van der Waals surface area contributed by atoms with Crippen LogP contribution in [0.2, 0.25) is 0 Å². The maximum atomic E-state index is 12.5. The van der Waals surface area contributed by atoms with Gasteiger partial charge in [-0.2, -0.15) is 0 Å². The molecule has 1 heterocycles. The zero-order valence-electron chi connectivity index (χ0n) is 16.9. The molecule has 1 aromatic heterocycles. The molecule has 0 unspecified atom stereocenters. The molecular formula is C20H23N2NaO5S. The molecule has 0 radical (unpaired) electrons. The van der Waals surface area contributed by atoms with Gasteiger partial charge in [0.05, 0.1) is 11.9 Å². The Morgan fingerprint density at radius 3 is 2.21 bits per heavy atom. The smallest absolute Gasteiger partial charge is 0.452 e. The fourth-order valence-electron chi connectivity index (χ4n) is 4.02. The molecule has 0 atom stereocenters. The van der Waals surface area contributed by atoms with Gasteiger partial charge in [0.25, 0.3) is 0 Å². The number of carbonyl (C=O) groups is 1. The molecule has 0 spiro atoms. The van der Waals surface area contributed by atoms with Gasteiger partial charge in [-0.05, 0) is 80.3 Å². The number of benzene rings is 1. The number of sulfonamides is 1. The summed E-state index contributed by atoms with van der Waals surface area (Å²) in [7, 11) is -4.31. The van der Waals surface area contributed by atoms with Crippen molar-refractivity contribution in [3.05, 3.63) is 50.9 Å². The maximum absolute atomic E-state index is 12.5. The van der Waals surface area contributed by atoms with Crippen LogP contribution in [0.1, 0.15) is 54.5 Å². The molecule has 0 fully saturated rings. The second-order valence-corrected chi connectivity index (χ2v) is 9.48. The largest absolute Gasteiger partial charge is 1.00 e. The Morgan fingerprint density at radius 1 is 1.10 bits per heavy atom. The first-order valence-electron chi connectivity index (χ1n) is 9.42. The van der Waals surface area contributed by atoms with Crippen LogP contribution in [-0.4, -0.2) is 19.6 Å². The van der Waals surface area contributed by atoms with E-state index >= 15 is 0 Å². The van der Waals surface area contributed by atoms with Gasteiger partial charge in [-0.15, -0.1) is 0 Å². The van der Waals surface area contributed by atoms with Crippen molar-refractivity contribution in [2.24, 2.45) is 0 Å². The molecule has 29 heavy (non-hydrogen) atoms. The van der Waals surface area contributed by atoms with E-state index in [1.807, 2.05) is 0 Å². The molecule has 9 heteroatoms. The third kappa shape index (κ3) is 4.41. The molecule has 0 saturated carbocycles. The summed E-state index contributed by atoms with van der Waals surface area (Å²) in [4.78, 5) is 12.5. The van der Waals surface area contributed by atoms with Crippen molar-refractivity contribution >= 4 is 21.7 Å². The summed E-state index contributed by atoms with van der Waals surface area (Å²) < 4.78 is 33.3. The van der Waals surface area contributed by atoms with Crippen molar-refractivity contribution in [3.8, 4) is 0 Å². The summed E-state index contributed by atoms with van der Waals surface area (Å²) in [6.45, 7) is 3.02. The Hall–Kier alpha value is -1.32. The van der Waals surface area contributed by atoms with Crippen molar-refractivity contribution in [2.75, 3.05) is 5.32 Å². The summed E-state index contributed by atoms with van der Waals surface area (Å²) in [6.07, 6.45) is 6.92. The predicted octanol–water partition coefficient (Wildman–Crippen LogP) is 0.783. The first-order valence-corrected chi connectivity index (χ1v) is 10.9. The summed E-state index contributed by atoms with van der Waals surface area (Å²) in [5.74, 6) is 0. The van der Waals surface area contributed by atoms with Crippen LogP contribution in [0, 0.1) is 0 Å². The summed E-state index contributed by atoms with van der Waals surface area (Å²) in [6, 6.07) is 2.48. The van der Waals surface area contributed by atoms with E-state index < -0.39 is 26.7 Å². The van der Waals surface area contributed by atoms with Crippen molar-refractivity contribution < 1.29 is 52.3 Å². The van der Waals surface area contributed by atoms with Crippen LogP contribution in [0.3, 0.4) is 0 Å². The molecule has 0 saturated heterocycles. The summed E-state index contributed by atoms with van der Waals surface area (Å²) >= 11 is 0. The predicted molar refractivity (Wildman–Crippen MR) is 104 cm³/mol. The Bertz CT molecular complexity index is 1020. The van der Waals surface area contributed by atoms with Crippen molar-refractivity contribution in [1.29, 1.82) is 0 Å². The first-order chi connectivity index (χ1) is 13.1. The number of furan rings is 1. The number of fused-ring (bicyclic) bond motifs is 2. The number of rotatable bonds is 4. The van der Waals surface area contributed by atoms with Crippen LogP contribution >= 0.6 is 0 Å². The van der Waals surface area contributed by atoms with Gasteiger partial charge in [-0.25, -0.2) is 8.42 Å². The van der Waals surface area contributed by atoms with Crippen LogP contribution in [-0.2, 0) is 41.3 Å². The molecule has 0 bridgehead atoms. The zero-order chi connectivity index (χ0) is 20.1. The SMILES string of the molecule is CC(C)(O)c1coc(S(=O)(=O)[N-]C(=O)Nc2c3c(cc4c2CCC4)CCC3)c1.[Na+]. The van der Waals surface area contributed by atoms with E-state index in [-0.39, 0.29) is 29.6 Å². The number of amides is 2. The normalized spacial score (nSPS) is 15.4. The fourth-order valence-corrected chi connectivity index (χ4v) is 4.82. The minimum Gasteiger partial charge on any atom is -0.452 e. The van der Waals surface area contributed by atoms with E-state index in [0.29, 0.717) is 5.56 Å². The minimum absolute atomic E-state index is 0. The number of aliphatic hydroxyl groups is 1. The van der Waals surface area contributed by atoms with Crippen molar-refractivity contribution in [1.82, 2.24) is 0 Å².